The first kappa shape index (κ1) is 21.8. The second-order valence-electron chi connectivity index (χ2n) is 5.52. The van der Waals surface area contributed by atoms with E-state index in [1.165, 1.54) is 0 Å². The highest BCUT2D eigenvalue weighted by Crippen LogP contribution is 2.18. The molecule has 2 rings (SSSR count). The quantitative estimate of drug-likeness (QED) is 0.381. The summed E-state index contributed by atoms with van der Waals surface area (Å²) in [5.74, 6) is 5.99. The molecule has 8 heteroatoms. The van der Waals surface area contributed by atoms with E-state index in [1.807, 2.05) is 24.3 Å². The zero-order valence-electron chi connectivity index (χ0n) is 15.6. The van der Waals surface area contributed by atoms with E-state index in [0.29, 0.717) is 0 Å². The van der Waals surface area contributed by atoms with Crippen molar-refractivity contribution in [3.8, 4) is 11.8 Å². The summed E-state index contributed by atoms with van der Waals surface area (Å²) < 4.78 is 26.5. The minimum Gasteiger partial charge on any atom is -0.435 e. The molecule has 3 atom stereocenters. The van der Waals surface area contributed by atoms with Crippen molar-refractivity contribution >= 4 is 28.2 Å². The minimum absolute atomic E-state index is 0.163. The molecule has 0 saturated carbocycles. The van der Waals surface area contributed by atoms with Gasteiger partial charge in [-0.15, -0.1) is 0 Å². The number of rotatable bonds is 5. The van der Waals surface area contributed by atoms with E-state index in [9.17, 15) is 9.59 Å². The SMILES string of the molecule is CCOC(=O)OC[C@H]1O[C@H](C#Cc2ccc(Br)cc2)C=C[C@@H]1OC(=O)OCC. The molecule has 0 N–H and O–H groups in total. The monoisotopic (exact) mass is 452 g/mol. The Labute approximate surface area is 172 Å². The molecule has 0 amide bonds. The van der Waals surface area contributed by atoms with Gasteiger partial charge in [0.15, 0.2) is 6.10 Å². The minimum atomic E-state index is -0.832. The van der Waals surface area contributed by atoms with E-state index in [2.05, 4.69) is 27.8 Å². The van der Waals surface area contributed by atoms with Crippen LogP contribution in [0.15, 0.2) is 40.9 Å². The van der Waals surface area contributed by atoms with Crippen molar-refractivity contribution in [2.24, 2.45) is 0 Å². The predicted molar refractivity (Wildman–Crippen MR) is 104 cm³/mol. The maximum absolute atomic E-state index is 11.6. The van der Waals surface area contributed by atoms with Gasteiger partial charge in [0.1, 0.15) is 18.8 Å². The average molecular weight is 453 g/mol. The van der Waals surface area contributed by atoms with Crippen molar-refractivity contribution in [3.05, 3.63) is 46.5 Å². The summed E-state index contributed by atoms with van der Waals surface area (Å²) in [6.45, 7) is 3.55. The van der Waals surface area contributed by atoms with Crippen LogP contribution in [0, 0.1) is 11.8 Å². The van der Waals surface area contributed by atoms with Crippen LogP contribution >= 0.6 is 15.9 Å². The normalized spacial score (nSPS) is 20.5. The Kier molecular flexibility index (Phi) is 8.85. The molecule has 0 fully saturated rings. The fourth-order valence-electron chi connectivity index (χ4n) is 2.24. The van der Waals surface area contributed by atoms with Gasteiger partial charge in [0.05, 0.1) is 13.2 Å². The molecule has 1 aliphatic rings. The van der Waals surface area contributed by atoms with E-state index in [0.717, 1.165) is 10.0 Å². The van der Waals surface area contributed by atoms with Crippen LogP contribution in [0.25, 0.3) is 0 Å². The first-order valence-corrected chi connectivity index (χ1v) is 9.55. The van der Waals surface area contributed by atoms with Crippen molar-refractivity contribution in [1.29, 1.82) is 0 Å². The van der Waals surface area contributed by atoms with Crippen molar-refractivity contribution < 1.29 is 33.3 Å². The molecule has 7 nitrogen and oxygen atoms in total. The fraction of sp³-hybridized carbons (Fsp3) is 0.400. The molecule has 0 aromatic heterocycles. The molecular formula is C20H21BrO7. The molecule has 28 heavy (non-hydrogen) atoms. The number of halogens is 1. The summed E-state index contributed by atoms with van der Waals surface area (Å²) in [6.07, 6.45) is -0.421. The lowest BCUT2D eigenvalue weighted by Crippen LogP contribution is -2.41. The zero-order chi connectivity index (χ0) is 20.4. The summed E-state index contributed by atoms with van der Waals surface area (Å²) in [7, 11) is 0. The van der Waals surface area contributed by atoms with Crippen LogP contribution in [0.5, 0.6) is 0 Å². The Morgan fingerprint density at radius 1 is 1.04 bits per heavy atom. The molecule has 0 aliphatic carbocycles. The Morgan fingerprint density at radius 2 is 1.71 bits per heavy atom. The van der Waals surface area contributed by atoms with Gasteiger partial charge in [-0.25, -0.2) is 9.59 Å². The number of carbonyl (C=O) groups is 2. The lowest BCUT2D eigenvalue weighted by Gasteiger charge is -2.29. The summed E-state index contributed by atoms with van der Waals surface area (Å²) in [4.78, 5) is 23.1. The van der Waals surface area contributed by atoms with Crippen LogP contribution in [0.1, 0.15) is 19.4 Å². The summed E-state index contributed by atoms with van der Waals surface area (Å²) in [5, 5.41) is 0. The Balaban J connectivity index is 2.06. The van der Waals surface area contributed by atoms with Gasteiger partial charge < -0.3 is 23.7 Å². The second-order valence-corrected chi connectivity index (χ2v) is 6.43. The topological polar surface area (TPSA) is 80.3 Å². The van der Waals surface area contributed by atoms with Gasteiger partial charge >= 0.3 is 12.3 Å². The third-order valence-corrected chi connectivity index (χ3v) is 4.02. The van der Waals surface area contributed by atoms with Gasteiger partial charge in [-0.1, -0.05) is 27.8 Å². The van der Waals surface area contributed by atoms with Crippen LogP contribution < -0.4 is 0 Å². The number of carbonyl (C=O) groups excluding carboxylic acids is 2. The second kappa shape index (κ2) is 11.4. The summed E-state index contributed by atoms with van der Waals surface area (Å²) in [6, 6.07) is 7.52. The molecule has 0 spiro atoms. The van der Waals surface area contributed by atoms with Crippen LogP contribution in [-0.4, -0.2) is 50.4 Å². The van der Waals surface area contributed by atoms with Gasteiger partial charge in [-0.3, -0.25) is 0 Å². The maximum atomic E-state index is 11.6. The first-order chi connectivity index (χ1) is 13.5. The van der Waals surface area contributed by atoms with Crippen LogP contribution in [0.3, 0.4) is 0 Å². The van der Waals surface area contributed by atoms with Crippen molar-refractivity contribution in [2.75, 3.05) is 19.8 Å². The third-order valence-electron chi connectivity index (χ3n) is 3.49. The highest BCUT2D eigenvalue weighted by Gasteiger charge is 2.31. The number of ether oxygens (including phenoxy) is 5. The molecule has 0 unspecified atom stereocenters. The Hall–Kier alpha value is -2.50. The first-order valence-electron chi connectivity index (χ1n) is 8.75. The molecule has 1 aliphatic heterocycles. The molecule has 1 aromatic rings. The molecule has 0 bridgehead atoms. The lowest BCUT2D eigenvalue weighted by atomic mass is 10.1. The van der Waals surface area contributed by atoms with Crippen molar-refractivity contribution in [2.45, 2.75) is 32.2 Å². The number of benzene rings is 1. The molecule has 0 saturated heterocycles. The van der Waals surface area contributed by atoms with Crippen molar-refractivity contribution in [1.82, 2.24) is 0 Å². The van der Waals surface area contributed by atoms with E-state index in [4.69, 9.17) is 23.7 Å². The van der Waals surface area contributed by atoms with E-state index >= 15 is 0 Å². The smallest absolute Gasteiger partial charge is 0.435 e. The summed E-state index contributed by atoms with van der Waals surface area (Å²) in [5.41, 5.74) is 0.824. The molecule has 1 aromatic carbocycles. The molecule has 150 valence electrons. The fourth-order valence-corrected chi connectivity index (χ4v) is 2.50. The molecule has 1 heterocycles. The lowest BCUT2D eigenvalue weighted by molar-refractivity contribution is -0.0865. The highest BCUT2D eigenvalue weighted by molar-refractivity contribution is 9.10. The number of hydrogen-bond donors (Lipinski definition) is 0. The van der Waals surface area contributed by atoms with Gasteiger partial charge in [0, 0.05) is 10.0 Å². The van der Waals surface area contributed by atoms with Crippen LogP contribution in [0.4, 0.5) is 9.59 Å². The molecule has 0 radical (unpaired) electrons. The number of hydrogen-bond acceptors (Lipinski definition) is 7. The summed E-state index contributed by atoms with van der Waals surface area (Å²) >= 11 is 3.37. The van der Waals surface area contributed by atoms with E-state index < -0.39 is 30.6 Å². The van der Waals surface area contributed by atoms with Crippen LogP contribution in [-0.2, 0) is 23.7 Å². The van der Waals surface area contributed by atoms with Crippen molar-refractivity contribution in [3.63, 3.8) is 0 Å². The van der Waals surface area contributed by atoms with E-state index in [1.54, 1.807) is 26.0 Å². The predicted octanol–water partition coefficient (Wildman–Crippen LogP) is 3.84. The standard InChI is InChI=1S/C20H21BrO7/c1-3-24-19(22)26-13-18-17(28-20(23)25-4-2)12-11-16(27-18)10-7-14-5-8-15(21)9-6-14/h5-6,8-9,11-12,16-18H,3-4,13H2,1-2H3/t16-,17+,18-/m1/s1. The van der Waals surface area contributed by atoms with Gasteiger partial charge in [0.2, 0.25) is 0 Å². The highest BCUT2D eigenvalue weighted by atomic mass is 79.9. The van der Waals surface area contributed by atoms with Gasteiger partial charge in [0.25, 0.3) is 0 Å². The largest absolute Gasteiger partial charge is 0.508 e. The maximum Gasteiger partial charge on any atom is 0.508 e. The van der Waals surface area contributed by atoms with Gasteiger partial charge in [-0.05, 0) is 50.3 Å². The molecular weight excluding hydrogens is 432 g/mol. The Bertz CT molecular complexity index is 748. The third kappa shape index (κ3) is 7.25. The zero-order valence-corrected chi connectivity index (χ0v) is 17.1. The van der Waals surface area contributed by atoms with Crippen LogP contribution in [0.2, 0.25) is 0 Å². The van der Waals surface area contributed by atoms with E-state index in [-0.39, 0.29) is 19.8 Å². The Morgan fingerprint density at radius 3 is 2.39 bits per heavy atom. The average Bonchev–Trinajstić information content (AvgIpc) is 2.67. The van der Waals surface area contributed by atoms with Gasteiger partial charge in [-0.2, -0.15) is 0 Å².